The van der Waals surface area contributed by atoms with Gasteiger partial charge in [0.1, 0.15) is 0 Å². The van der Waals surface area contributed by atoms with Gasteiger partial charge in [0.25, 0.3) is 0 Å². The molecule has 0 aromatic heterocycles. The summed E-state index contributed by atoms with van der Waals surface area (Å²) in [5.41, 5.74) is 1.99. The summed E-state index contributed by atoms with van der Waals surface area (Å²) in [6, 6.07) is 8.39. The van der Waals surface area contributed by atoms with E-state index in [0.29, 0.717) is 6.42 Å². The fraction of sp³-hybridized carbons (Fsp3) is 0.571. The average molecular weight is 220 g/mol. The second kappa shape index (κ2) is 4.56. The van der Waals surface area contributed by atoms with Crippen LogP contribution in [0.4, 0.5) is 0 Å². The van der Waals surface area contributed by atoms with Crippen molar-refractivity contribution in [3.05, 3.63) is 35.4 Å². The molecule has 0 radical (unpaired) electrons. The van der Waals surface area contributed by atoms with E-state index in [4.69, 9.17) is 4.74 Å². The van der Waals surface area contributed by atoms with E-state index in [1.165, 1.54) is 11.1 Å². The number of aliphatic hydroxyl groups is 1. The van der Waals surface area contributed by atoms with E-state index in [1.54, 1.807) is 0 Å². The highest BCUT2D eigenvalue weighted by Gasteiger charge is 2.28. The van der Waals surface area contributed by atoms with Gasteiger partial charge >= 0.3 is 0 Å². The number of rotatable bonds is 3. The molecule has 0 amide bonds. The normalized spacial score (nSPS) is 23.6. The van der Waals surface area contributed by atoms with Crippen molar-refractivity contribution in [2.45, 2.75) is 44.8 Å². The molecule has 88 valence electrons. The summed E-state index contributed by atoms with van der Waals surface area (Å²) < 4.78 is 5.78. The summed E-state index contributed by atoms with van der Waals surface area (Å²) in [4.78, 5) is 0. The number of benzene rings is 1. The van der Waals surface area contributed by atoms with Crippen molar-refractivity contribution in [1.29, 1.82) is 0 Å². The third-order valence-corrected chi connectivity index (χ3v) is 3.48. The lowest BCUT2D eigenvalue weighted by Gasteiger charge is -2.31. The van der Waals surface area contributed by atoms with Crippen molar-refractivity contribution >= 4 is 0 Å². The Morgan fingerprint density at radius 2 is 2.19 bits per heavy atom. The maximum absolute atomic E-state index is 10.1. The van der Waals surface area contributed by atoms with Crippen LogP contribution >= 0.6 is 0 Å². The van der Waals surface area contributed by atoms with Crippen molar-refractivity contribution in [2.24, 2.45) is 0 Å². The van der Waals surface area contributed by atoms with Gasteiger partial charge < -0.3 is 9.84 Å². The van der Waals surface area contributed by atoms with Gasteiger partial charge in [-0.25, -0.2) is 0 Å². The van der Waals surface area contributed by atoms with Gasteiger partial charge in [0.15, 0.2) is 0 Å². The fourth-order valence-electron chi connectivity index (χ4n) is 2.19. The van der Waals surface area contributed by atoms with E-state index in [-0.39, 0.29) is 6.10 Å². The first-order valence-corrected chi connectivity index (χ1v) is 6.04. The molecule has 0 aliphatic carbocycles. The van der Waals surface area contributed by atoms with Gasteiger partial charge in [0, 0.05) is 6.42 Å². The lowest BCUT2D eigenvalue weighted by atomic mass is 9.88. The van der Waals surface area contributed by atoms with Crippen molar-refractivity contribution in [2.75, 3.05) is 6.61 Å². The van der Waals surface area contributed by atoms with Crippen molar-refractivity contribution in [1.82, 2.24) is 0 Å². The lowest BCUT2D eigenvalue weighted by molar-refractivity contribution is -0.0383. The minimum Gasteiger partial charge on any atom is -0.390 e. The first-order valence-electron chi connectivity index (χ1n) is 6.04. The fourth-order valence-corrected chi connectivity index (χ4v) is 2.19. The number of fused-ring (bicyclic) bond motifs is 1. The van der Waals surface area contributed by atoms with Crippen molar-refractivity contribution in [3.63, 3.8) is 0 Å². The van der Waals surface area contributed by atoms with Gasteiger partial charge in [-0.05, 0) is 30.9 Å². The molecule has 1 heterocycles. The smallest absolute Gasteiger partial charge is 0.0855 e. The van der Waals surface area contributed by atoms with E-state index in [1.807, 2.05) is 19.9 Å². The SMILES string of the molecule is CCC(C)(O)CC1OCCc2ccccc21. The van der Waals surface area contributed by atoms with E-state index in [2.05, 4.69) is 18.2 Å². The van der Waals surface area contributed by atoms with Crippen LogP contribution in [0.2, 0.25) is 0 Å². The van der Waals surface area contributed by atoms with Crippen LogP contribution in [0.15, 0.2) is 24.3 Å². The van der Waals surface area contributed by atoms with Gasteiger partial charge in [0.05, 0.1) is 18.3 Å². The van der Waals surface area contributed by atoms with E-state index < -0.39 is 5.60 Å². The average Bonchev–Trinajstić information content (AvgIpc) is 2.29. The third kappa shape index (κ3) is 2.45. The Labute approximate surface area is 97.3 Å². The Bertz CT molecular complexity index is 358. The summed E-state index contributed by atoms with van der Waals surface area (Å²) in [6.07, 6.45) is 2.48. The number of ether oxygens (including phenoxy) is 1. The summed E-state index contributed by atoms with van der Waals surface area (Å²) in [5.74, 6) is 0. The van der Waals surface area contributed by atoms with Crippen LogP contribution < -0.4 is 0 Å². The summed E-state index contributed by atoms with van der Waals surface area (Å²) in [7, 11) is 0. The molecule has 0 saturated carbocycles. The topological polar surface area (TPSA) is 29.5 Å². The van der Waals surface area contributed by atoms with Crippen LogP contribution in [0.5, 0.6) is 0 Å². The molecule has 2 unspecified atom stereocenters. The molecule has 16 heavy (non-hydrogen) atoms. The van der Waals surface area contributed by atoms with Crippen LogP contribution in [0.25, 0.3) is 0 Å². The first kappa shape index (κ1) is 11.6. The third-order valence-electron chi connectivity index (χ3n) is 3.48. The van der Waals surface area contributed by atoms with E-state index >= 15 is 0 Å². The molecular weight excluding hydrogens is 200 g/mol. The molecule has 0 fully saturated rings. The van der Waals surface area contributed by atoms with Crippen LogP contribution in [0.3, 0.4) is 0 Å². The lowest BCUT2D eigenvalue weighted by Crippen LogP contribution is -2.29. The standard InChI is InChI=1S/C14H20O2/c1-3-14(2,15)10-13-12-7-5-4-6-11(12)8-9-16-13/h4-7,13,15H,3,8-10H2,1-2H3. The molecule has 1 aromatic rings. The molecular formula is C14H20O2. The minimum absolute atomic E-state index is 0.0555. The van der Waals surface area contributed by atoms with Gasteiger partial charge in [-0.2, -0.15) is 0 Å². The predicted octanol–water partition coefficient (Wildman–Crippen LogP) is 2.85. The summed E-state index contributed by atoms with van der Waals surface area (Å²) in [5, 5.41) is 10.1. The van der Waals surface area contributed by atoms with Crippen LogP contribution in [0.1, 0.15) is 43.9 Å². The Morgan fingerprint density at radius 3 is 2.94 bits per heavy atom. The highest BCUT2D eigenvalue weighted by molar-refractivity contribution is 5.31. The highest BCUT2D eigenvalue weighted by Crippen LogP contribution is 2.34. The zero-order chi connectivity index (χ0) is 11.6. The molecule has 2 atom stereocenters. The van der Waals surface area contributed by atoms with E-state index in [9.17, 15) is 5.11 Å². The monoisotopic (exact) mass is 220 g/mol. The molecule has 1 N–H and O–H groups in total. The Balaban J connectivity index is 2.19. The van der Waals surface area contributed by atoms with E-state index in [0.717, 1.165) is 19.4 Å². The minimum atomic E-state index is -0.630. The molecule has 1 aromatic carbocycles. The Hall–Kier alpha value is -0.860. The molecule has 0 bridgehead atoms. The molecule has 0 saturated heterocycles. The zero-order valence-corrected chi connectivity index (χ0v) is 10.1. The molecule has 2 rings (SSSR count). The maximum Gasteiger partial charge on any atom is 0.0855 e. The van der Waals surface area contributed by atoms with Gasteiger partial charge in [-0.1, -0.05) is 31.2 Å². The van der Waals surface area contributed by atoms with Gasteiger partial charge in [-0.15, -0.1) is 0 Å². The first-order chi connectivity index (χ1) is 7.62. The van der Waals surface area contributed by atoms with Gasteiger partial charge in [0.2, 0.25) is 0 Å². The molecule has 0 spiro atoms. The zero-order valence-electron chi connectivity index (χ0n) is 10.1. The van der Waals surface area contributed by atoms with Gasteiger partial charge in [-0.3, -0.25) is 0 Å². The van der Waals surface area contributed by atoms with Crippen LogP contribution in [-0.2, 0) is 11.2 Å². The van der Waals surface area contributed by atoms with Crippen molar-refractivity contribution in [3.8, 4) is 0 Å². The predicted molar refractivity (Wildman–Crippen MR) is 64.4 cm³/mol. The number of hydrogen-bond acceptors (Lipinski definition) is 2. The van der Waals surface area contributed by atoms with Crippen LogP contribution in [0, 0.1) is 0 Å². The Kier molecular flexibility index (Phi) is 3.31. The van der Waals surface area contributed by atoms with Crippen LogP contribution in [-0.4, -0.2) is 17.3 Å². The molecule has 2 heteroatoms. The molecule has 2 nitrogen and oxygen atoms in total. The number of hydrogen-bond donors (Lipinski definition) is 1. The maximum atomic E-state index is 10.1. The largest absolute Gasteiger partial charge is 0.390 e. The quantitative estimate of drug-likeness (QED) is 0.848. The highest BCUT2D eigenvalue weighted by atomic mass is 16.5. The molecule has 1 aliphatic rings. The Morgan fingerprint density at radius 1 is 1.44 bits per heavy atom. The summed E-state index contributed by atoms with van der Waals surface area (Å²) >= 11 is 0. The second-order valence-corrected chi connectivity index (χ2v) is 4.86. The summed E-state index contributed by atoms with van der Waals surface area (Å²) in [6.45, 7) is 4.66. The second-order valence-electron chi connectivity index (χ2n) is 4.86. The molecule has 1 aliphatic heterocycles. The van der Waals surface area contributed by atoms with Crippen molar-refractivity contribution < 1.29 is 9.84 Å².